The van der Waals surface area contributed by atoms with Crippen molar-refractivity contribution in [3.63, 3.8) is 0 Å². The van der Waals surface area contributed by atoms with Crippen LogP contribution in [-0.4, -0.2) is 11.0 Å². The van der Waals surface area contributed by atoms with Gasteiger partial charge < -0.3 is 5.32 Å². The number of nitro benzene ring substituents is 1. The van der Waals surface area contributed by atoms with Crippen LogP contribution in [0.1, 0.15) is 51.0 Å². The molecule has 0 atom stereocenters. The number of benzene rings is 1. The van der Waals surface area contributed by atoms with Gasteiger partial charge in [-0.1, -0.05) is 19.8 Å². The number of nitro groups is 1. The lowest BCUT2D eigenvalue weighted by Gasteiger charge is -2.29. The van der Waals surface area contributed by atoms with Gasteiger partial charge in [0.1, 0.15) is 0 Å². The molecule has 20 heavy (non-hydrogen) atoms. The number of rotatable bonds is 5. The summed E-state index contributed by atoms with van der Waals surface area (Å²) in [6.45, 7) is 4.15. The first-order valence-corrected chi connectivity index (χ1v) is 7.61. The van der Waals surface area contributed by atoms with Gasteiger partial charge in [-0.25, -0.2) is 0 Å². The summed E-state index contributed by atoms with van der Waals surface area (Å²) in [4.78, 5) is 10.6. The van der Waals surface area contributed by atoms with Crippen LogP contribution < -0.4 is 5.32 Å². The van der Waals surface area contributed by atoms with Crippen molar-refractivity contribution in [3.8, 4) is 0 Å². The van der Waals surface area contributed by atoms with E-state index in [1.165, 1.54) is 38.5 Å². The molecule has 0 spiro atoms. The third-order valence-electron chi connectivity index (χ3n) is 4.19. The summed E-state index contributed by atoms with van der Waals surface area (Å²) in [5, 5.41) is 14.4. The summed E-state index contributed by atoms with van der Waals surface area (Å²) in [7, 11) is 0. The van der Waals surface area contributed by atoms with Crippen LogP contribution in [0.3, 0.4) is 0 Å². The molecule has 1 saturated carbocycles. The zero-order valence-electron chi connectivity index (χ0n) is 12.4. The summed E-state index contributed by atoms with van der Waals surface area (Å²) in [5.74, 6) is 0.880. The van der Waals surface area contributed by atoms with E-state index in [4.69, 9.17) is 0 Å². The van der Waals surface area contributed by atoms with Crippen molar-refractivity contribution in [2.75, 3.05) is 5.32 Å². The zero-order valence-corrected chi connectivity index (χ0v) is 12.4. The zero-order chi connectivity index (χ0) is 14.5. The Labute approximate surface area is 120 Å². The van der Waals surface area contributed by atoms with Gasteiger partial charge in [0.25, 0.3) is 5.69 Å². The molecule has 4 heteroatoms. The maximum atomic E-state index is 10.9. The van der Waals surface area contributed by atoms with E-state index in [0.29, 0.717) is 6.04 Å². The Kier molecular flexibility index (Phi) is 4.99. The molecule has 0 aliphatic heterocycles. The fourth-order valence-electron chi connectivity index (χ4n) is 3.19. The van der Waals surface area contributed by atoms with Gasteiger partial charge in [0.05, 0.1) is 4.92 Å². The minimum atomic E-state index is -0.323. The van der Waals surface area contributed by atoms with Gasteiger partial charge in [-0.05, 0) is 50.2 Å². The van der Waals surface area contributed by atoms with Gasteiger partial charge in [0.15, 0.2) is 0 Å². The van der Waals surface area contributed by atoms with Crippen LogP contribution in [-0.2, 0) is 0 Å². The lowest BCUT2D eigenvalue weighted by atomic mass is 9.83. The van der Waals surface area contributed by atoms with Crippen molar-refractivity contribution in [2.24, 2.45) is 5.92 Å². The third kappa shape index (κ3) is 3.95. The number of hydrogen-bond donors (Lipinski definition) is 1. The van der Waals surface area contributed by atoms with Gasteiger partial charge in [-0.3, -0.25) is 10.1 Å². The lowest BCUT2D eigenvalue weighted by Crippen LogP contribution is -2.26. The average molecular weight is 276 g/mol. The highest BCUT2D eigenvalue weighted by atomic mass is 16.6. The maximum Gasteiger partial charge on any atom is 0.271 e. The van der Waals surface area contributed by atoms with E-state index in [-0.39, 0.29) is 10.6 Å². The molecule has 1 aliphatic rings. The van der Waals surface area contributed by atoms with E-state index in [1.54, 1.807) is 12.1 Å². The van der Waals surface area contributed by atoms with Gasteiger partial charge in [0.2, 0.25) is 0 Å². The molecule has 1 aromatic rings. The molecule has 2 rings (SSSR count). The molecule has 0 heterocycles. The Bertz CT molecular complexity index is 466. The molecule has 1 N–H and O–H groups in total. The Hall–Kier alpha value is -1.58. The predicted octanol–water partition coefficient (Wildman–Crippen LogP) is 4.67. The minimum absolute atomic E-state index is 0.173. The van der Waals surface area contributed by atoms with E-state index in [0.717, 1.165) is 17.2 Å². The normalized spacial score (nSPS) is 22.5. The Balaban J connectivity index is 1.96. The predicted molar refractivity (Wildman–Crippen MR) is 82.1 cm³/mol. The molecule has 0 bridgehead atoms. The van der Waals surface area contributed by atoms with Crippen molar-refractivity contribution in [1.82, 2.24) is 0 Å². The van der Waals surface area contributed by atoms with E-state index in [1.807, 2.05) is 13.0 Å². The van der Waals surface area contributed by atoms with Crippen LogP contribution in [0.25, 0.3) is 0 Å². The van der Waals surface area contributed by atoms with E-state index in [9.17, 15) is 10.1 Å². The molecule has 1 aliphatic carbocycles. The van der Waals surface area contributed by atoms with E-state index < -0.39 is 0 Å². The first-order chi connectivity index (χ1) is 9.58. The Morgan fingerprint density at radius 3 is 2.55 bits per heavy atom. The SMILES string of the molecule is CCCC1CCC(Nc2cc(C)cc([N+](=O)[O-])c2)CC1. The number of aryl methyl sites for hydroxylation is 1. The monoisotopic (exact) mass is 276 g/mol. The van der Waals surface area contributed by atoms with Gasteiger partial charge in [-0.2, -0.15) is 0 Å². The lowest BCUT2D eigenvalue weighted by molar-refractivity contribution is -0.384. The van der Waals surface area contributed by atoms with Crippen LogP contribution >= 0.6 is 0 Å². The Morgan fingerprint density at radius 1 is 1.25 bits per heavy atom. The molecular formula is C16H24N2O2. The highest BCUT2D eigenvalue weighted by Crippen LogP contribution is 2.30. The van der Waals surface area contributed by atoms with Crippen molar-refractivity contribution >= 4 is 11.4 Å². The van der Waals surface area contributed by atoms with Crippen LogP contribution in [0, 0.1) is 23.0 Å². The van der Waals surface area contributed by atoms with Crippen LogP contribution in [0.5, 0.6) is 0 Å². The summed E-state index contributed by atoms with van der Waals surface area (Å²) in [6, 6.07) is 5.71. The summed E-state index contributed by atoms with van der Waals surface area (Å²) < 4.78 is 0. The molecule has 0 amide bonds. The highest BCUT2D eigenvalue weighted by Gasteiger charge is 2.21. The van der Waals surface area contributed by atoms with Crippen LogP contribution in [0.2, 0.25) is 0 Å². The molecule has 1 fully saturated rings. The third-order valence-corrected chi connectivity index (χ3v) is 4.19. The quantitative estimate of drug-likeness (QED) is 0.628. The Morgan fingerprint density at radius 2 is 1.95 bits per heavy atom. The van der Waals surface area contributed by atoms with E-state index in [2.05, 4.69) is 12.2 Å². The fraction of sp³-hybridized carbons (Fsp3) is 0.625. The second-order valence-electron chi connectivity index (χ2n) is 5.97. The average Bonchev–Trinajstić information content (AvgIpc) is 2.40. The summed E-state index contributed by atoms with van der Waals surface area (Å²) in [6.07, 6.45) is 7.51. The smallest absolute Gasteiger partial charge is 0.271 e. The minimum Gasteiger partial charge on any atom is -0.382 e. The number of hydrogen-bond acceptors (Lipinski definition) is 3. The van der Waals surface area contributed by atoms with Crippen LogP contribution in [0.4, 0.5) is 11.4 Å². The number of non-ortho nitro benzene ring substituents is 1. The van der Waals surface area contributed by atoms with Gasteiger partial charge in [0, 0.05) is 23.9 Å². The van der Waals surface area contributed by atoms with Gasteiger partial charge >= 0.3 is 0 Å². The largest absolute Gasteiger partial charge is 0.382 e. The first kappa shape index (κ1) is 14.8. The number of anilines is 1. The van der Waals surface area contributed by atoms with E-state index >= 15 is 0 Å². The van der Waals surface area contributed by atoms with Crippen molar-refractivity contribution in [3.05, 3.63) is 33.9 Å². The number of nitrogens with one attached hydrogen (secondary N) is 1. The van der Waals surface area contributed by atoms with Crippen molar-refractivity contribution in [1.29, 1.82) is 0 Å². The van der Waals surface area contributed by atoms with Crippen molar-refractivity contribution < 1.29 is 4.92 Å². The second kappa shape index (κ2) is 6.73. The van der Waals surface area contributed by atoms with Crippen LogP contribution in [0.15, 0.2) is 18.2 Å². The molecule has 1 aromatic carbocycles. The van der Waals surface area contributed by atoms with Gasteiger partial charge in [-0.15, -0.1) is 0 Å². The first-order valence-electron chi connectivity index (χ1n) is 7.61. The second-order valence-corrected chi connectivity index (χ2v) is 5.97. The number of nitrogens with zero attached hydrogens (tertiary/aromatic N) is 1. The fourth-order valence-corrected chi connectivity index (χ4v) is 3.19. The summed E-state index contributed by atoms with van der Waals surface area (Å²) >= 11 is 0. The molecule has 0 unspecified atom stereocenters. The molecular weight excluding hydrogens is 252 g/mol. The topological polar surface area (TPSA) is 55.2 Å². The standard InChI is InChI=1S/C16H24N2O2/c1-3-4-13-5-7-14(8-6-13)17-15-9-12(2)10-16(11-15)18(19)20/h9-11,13-14,17H,3-8H2,1-2H3. The molecule has 110 valence electrons. The summed E-state index contributed by atoms with van der Waals surface area (Å²) in [5.41, 5.74) is 1.99. The maximum absolute atomic E-state index is 10.9. The molecule has 0 saturated heterocycles. The molecule has 0 aromatic heterocycles. The van der Waals surface area contributed by atoms with Crippen molar-refractivity contribution in [2.45, 2.75) is 58.4 Å². The highest BCUT2D eigenvalue weighted by molar-refractivity contribution is 5.54. The molecule has 0 radical (unpaired) electrons. The molecule has 4 nitrogen and oxygen atoms in total.